The van der Waals surface area contributed by atoms with Crippen molar-refractivity contribution in [2.45, 2.75) is 38.6 Å². The first-order chi connectivity index (χ1) is 11.8. The number of benzene rings is 1. The standard InChI is InChI=1S/C18H21N3O2S2/c1-12(2)21-11-17(18(19-21)16-6-5-9-24-16)25(22,23)20-15-8-7-13(3)14(4)10-15/h5-12,20H,1-4H3. The lowest BCUT2D eigenvalue weighted by atomic mass is 10.1. The van der Waals surface area contributed by atoms with Gasteiger partial charge in [-0.3, -0.25) is 9.40 Å². The van der Waals surface area contributed by atoms with Crippen molar-refractivity contribution in [2.75, 3.05) is 4.72 Å². The Morgan fingerprint density at radius 3 is 2.52 bits per heavy atom. The van der Waals surface area contributed by atoms with E-state index in [2.05, 4.69) is 9.82 Å². The van der Waals surface area contributed by atoms with E-state index in [1.807, 2.05) is 57.3 Å². The van der Waals surface area contributed by atoms with Crippen LogP contribution in [0, 0.1) is 13.8 Å². The number of sulfonamides is 1. The molecule has 0 amide bonds. The number of aryl methyl sites for hydroxylation is 2. The monoisotopic (exact) mass is 375 g/mol. The number of thiophene rings is 1. The molecule has 25 heavy (non-hydrogen) atoms. The maximum absolute atomic E-state index is 13.0. The molecule has 0 aliphatic heterocycles. The molecule has 2 aromatic heterocycles. The van der Waals surface area contributed by atoms with Gasteiger partial charge in [-0.05, 0) is 62.4 Å². The average molecular weight is 376 g/mol. The van der Waals surface area contributed by atoms with Gasteiger partial charge in [-0.25, -0.2) is 8.42 Å². The summed E-state index contributed by atoms with van der Waals surface area (Å²) in [4.78, 5) is 1.03. The zero-order valence-electron chi connectivity index (χ0n) is 14.6. The molecule has 0 radical (unpaired) electrons. The lowest BCUT2D eigenvalue weighted by Gasteiger charge is -2.09. The van der Waals surface area contributed by atoms with Crippen LogP contribution in [0.4, 0.5) is 5.69 Å². The molecule has 0 fully saturated rings. The van der Waals surface area contributed by atoms with Gasteiger partial charge >= 0.3 is 0 Å². The lowest BCUT2D eigenvalue weighted by Crippen LogP contribution is -2.13. The van der Waals surface area contributed by atoms with Crippen LogP contribution in [-0.4, -0.2) is 18.2 Å². The summed E-state index contributed by atoms with van der Waals surface area (Å²) in [7, 11) is -3.74. The van der Waals surface area contributed by atoms with Gasteiger partial charge in [0.25, 0.3) is 10.0 Å². The first-order valence-corrected chi connectivity index (χ1v) is 10.4. The molecule has 1 N–H and O–H groups in total. The Morgan fingerprint density at radius 1 is 1.16 bits per heavy atom. The van der Waals surface area contributed by atoms with Gasteiger partial charge in [0.15, 0.2) is 0 Å². The normalized spacial score (nSPS) is 11.9. The van der Waals surface area contributed by atoms with Crippen LogP contribution in [0.5, 0.6) is 0 Å². The van der Waals surface area contributed by atoms with Crippen LogP contribution in [0.15, 0.2) is 46.8 Å². The summed E-state index contributed by atoms with van der Waals surface area (Å²) in [6.07, 6.45) is 1.60. The van der Waals surface area contributed by atoms with E-state index in [1.54, 1.807) is 16.9 Å². The molecule has 132 valence electrons. The maximum Gasteiger partial charge on any atom is 0.265 e. The molecule has 0 saturated heterocycles. The van der Waals surface area contributed by atoms with Crippen molar-refractivity contribution in [1.29, 1.82) is 0 Å². The van der Waals surface area contributed by atoms with Crippen LogP contribution in [0.25, 0.3) is 10.6 Å². The van der Waals surface area contributed by atoms with E-state index >= 15 is 0 Å². The third-order valence-electron chi connectivity index (χ3n) is 4.03. The van der Waals surface area contributed by atoms with Crippen molar-refractivity contribution < 1.29 is 8.42 Å². The predicted molar refractivity (Wildman–Crippen MR) is 103 cm³/mol. The summed E-state index contributed by atoms with van der Waals surface area (Å²) in [5.41, 5.74) is 3.20. The van der Waals surface area contributed by atoms with Crippen LogP contribution in [-0.2, 0) is 10.0 Å². The molecule has 5 nitrogen and oxygen atoms in total. The molecular formula is C18H21N3O2S2. The van der Waals surface area contributed by atoms with Crippen molar-refractivity contribution in [3.8, 4) is 10.6 Å². The van der Waals surface area contributed by atoms with Crippen molar-refractivity contribution in [1.82, 2.24) is 9.78 Å². The molecule has 0 atom stereocenters. The second kappa shape index (κ2) is 6.65. The van der Waals surface area contributed by atoms with Gasteiger partial charge in [0.1, 0.15) is 10.6 Å². The van der Waals surface area contributed by atoms with Crippen molar-refractivity contribution in [3.63, 3.8) is 0 Å². The number of nitrogens with zero attached hydrogens (tertiary/aromatic N) is 2. The highest BCUT2D eigenvalue weighted by molar-refractivity contribution is 7.92. The fourth-order valence-electron chi connectivity index (χ4n) is 2.44. The third kappa shape index (κ3) is 3.62. The van der Waals surface area contributed by atoms with Crippen molar-refractivity contribution in [3.05, 3.63) is 53.0 Å². The highest BCUT2D eigenvalue weighted by Gasteiger charge is 2.25. The molecule has 0 aliphatic carbocycles. The Morgan fingerprint density at radius 2 is 1.92 bits per heavy atom. The number of nitrogens with one attached hydrogen (secondary N) is 1. The van der Waals surface area contributed by atoms with Gasteiger partial charge in [0.2, 0.25) is 0 Å². The van der Waals surface area contributed by atoms with E-state index in [0.29, 0.717) is 11.4 Å². The third-order valence-corrected chi connectivity index (χ3v) is 6.29. The van der Waals surface area contributed by atoms with E-state index in [1.165, 1.54) is 11.3 Å². The SMILES string of the molecule is Cc1ccc(NS(=O)(=O)c2cn(C(C)C)nc2-c2cccs2)cc1C. The number of hydrogen-bond donors (Lipinski definition) is 1. The molecule has 0 saturated carbocycles. The first kappa shape index (κ1) is 17.7. The van der Waals surface area contributed by atoms with Crippen LogP contribution >= 0.6 is 11.3 Å². The number of anilines is 1. The molecule has 2 heterocycles. The fourth-order valence-corrected chi connectivity index (χ4v) is 4.42. The minimum atomic E-state index is -3.74. The average Bonchev–Trinajstić information content (AvgIpc) is 3.19. The first-order valence-electron chi connectivity index (χ1n) is 8.01. The van der Waals surface area contributed by atoms with Crippen LogP contribution in [0.3, 0.4) is 0 Å². The van der Waals surface area contributed by atoms with Crippen molar-refractivity contribution in [2.24, 2.45) is 0 Å². The molecule has 0 bridgehead atoms. The molecular weight excluding hydrogens is 354 g/mol. The summed E-state index contributed by atoms with van der Waals surface area (Å²) >= 11 is 1.47. The molecule has 0 unspecified atom stereocenters. The van der Waals surface area contributed by atoms with Gasteiger partial charge in [-0.15, -0.1) is 11.3 Å². The number of hydrogen-bond acceptors (Lipinski definition) is 4. The maximum atomic E-state index is 13.0. The van der Waals surface area contributed by atoms with E-state index in [-0.39, 0.29) is 10.9 Å². The highest BCUT2D eigenvalue weighted by Crippen LogP contribution is 2.31. The minimum absolute atomic E-state index is 0.0734. The molecule has 3 aromatic rings. The Labute approximate surface area is 152 Å². The predicted octanol–water partition coefficient (Wildman–Crippen LogP) is 4.61. The second-order valence-electron chi connectivity index (χ2n) is 6.30. The quantitative estimate of drug-likeness (QED) is 0.708. The summed E-state index contributed by atoms with van der Waals surface area (Å²) in [5, 5.41) is 6.41. The highest BCUT2D eigenvalue weighted by atomic mass is 32.2. The van der Waals surface area contributed by atoms with Gasteiger partial charge in [0, 0.05) is 17.9 Å². The lowest BCUT2D eigenvalue weighted by molar-refractivity contribution is 0.532. The van der Waals surface area contributed by atoms with E-state index in [0.717, 1.165) is 16.0 Å². The van der Waals surface area contributed by atoms with Gasteiger partial charge in [0.05, 0.1) is 4.88 Å². The fraction of sp³-hybridized carbons (Fsp3) is 0.278. The Hall–Kier alpha value is -2.12. The molecule has 1 aromatic carbocycles. The molecule has 0 aliphatic rings. The Kier molecular flexibility index (Phi) is 4.71. The topological polar surface area (TPSA) is 64.0 Å². The van der Waals surface area contributed by atoms with Gasteiger partial charge in [-0.2, -0.15) is 5.10 Å². The smallest absolute Gasteiger partial charge is 0.265 e. The number of rotatable bonds is 5. The van der Waals surface area contributed by atoms with Crippen LogP contribution in [0.2, 0.25) is 0 Å². The molecule has 3 rings (SSSR count). The summed E-state index contributed by atoms with van der Waals surface area (Å²) in [5.74, 6) is 0. The Balaban J connectivity index is 2.05. The van der Waals surface area contributed by atoms with Gasteiger partial charge < -0.3 is 0 Å². The van der Waals surface area contributed by atoms with E-state index < -0.39 is 10.0 Å². The zero-order valence-corrected chi connectivity index (χ0v) is 16.3. The number of aromatic nitrogens is 2. The summed E-state index contributed by atoms with van der Waals surface area (Å²) in [6, 6.07) is 9.37. The largest absolute Gasteiger partial charge is 0.280 e. The van der Waals surface area contributed by atoms with E-state index in [4.69, 9.17) is 0 Å². The van der Waals surface area contributed by atoms with Crippen LogP contribution < -0.4 is 4.72 Å². The summed E-state index contributed by atoms with van der Waals surface area (Å²) < 4.78 is 30.3. The zero-order chi connectivity index (χ0) is 18.2. The van der Waals surface area contributed by atoms with Crippen LogP contribution in [0.1, 0.15) is 31.0 Å². The molecule has 0 spiro atoms. The summed E-state index contributed by atoms with van der Waals surface area (Å²) in [6.45, 7) is 7.90. The minimum Gasteiger partial charge on any atom is -0.280 e. The van der Waals surface area contributed by atoms with E-state index in [9.17, 15) is 8.42 Å². The Bertz CT molecular complexity index is 988. The molecule has 7 heteroatoms. The second-order valence-corrected chi connectivity index (χ2v) is 8.90. The van der Waals surface area contributed by atoms with Gasteiger partial charge in [-0.1, -0.05) is 12.1 Å². The van der Waals surface area contributed by atoms with Crippen molar-refractivity contribution >= 4 is 27.0 Å².